The zero-order valence-electron chi connectivity index (χ0n) is 11.9. The summed E-state index contributed by atoms with van der Waals surface area (Å²) < 4.78 is 3.83. The van der Waals surface area contributed by atoms with Gasteiger partial charge in [0.2, 0.25) is 0 Å². The summed E-state index contributed by atoms with van der Waals surface area (Å²) in [6.45, 7) is 0. The van der Waals surface area contributed by atoms with Crippen molar-refractivity contribution >= 4 is 30.9 Å². The topological polar surface area (TPSA) is 49.4 Å². The van der Waals surface area contributed by atoms with Gasteiger partial charge in [0.1, 0.15) is 0 Å². The van der Waals surface area contributed by atoms with E-state index >= 15 is 0 Å². The Morgan fingerprint density at radius 3 is 2.35 bits per heavy atom. The molecule has 5 heteroatoms. The van der Waals surface area contributed by atoms with Crippen LogP contribution in [0.25, 0.3) is 0 Å². The summed E-state index contributed by atoms with van der Waals surface area (Å²) in [5, 5.41) is 3.01. The Morgan fingerprint density at radius 2 is 1.75 bits per heavy atom. The average Bonchev–Trinajstić information content (AvgIpc) is 2.93. The number of nitrogens with zero attached hydrogens (tertiary/aromatic N) is 1. The van der Waals surface area contributed by atoms with E-state index in [1.807, 2.05) is 19.8 Å². The molecule has 3 aliphatic rings. The third kappa shape index (κ3) is 2.89. The van der Waals surface area contributed by atoms with Crippen molar-refractivity contribution in [3.63, 3.8) is 0 Å². The molecule has 0 saturated carbocycles. The molecule has 2 atom stereocenters. The van der Waals surface area contributed by atoms with Crippen LogP contribution in [-0.2, 0) is 9.59 Å². The molecule has 0 aliphatic carbocycles. The Balaban J connectivity index is 1.58. The molecule has 3 aliphatic heterocycles. The molecule has 0 aromatic heterocycles. The molecule has 1 amide bonds. The normalized spacial score (nSPS) is 32.5. The summed E-state index contributed by atoms with van der Waals surface area (Å²) in [6, 6.07) is 1.36. The standard InChI is InChI=1S/C11H17N2O2.C4H4.In/c1-13-9-3-2-4-10(13)6-8(5-9)12-11(15)7-14;1-3-4-2;/h8-10H,2-6H2,1H3,(H,12,15);1-4H;. The molecule has 0 radical (unpaired) electrons. The van der Waals surface area contributed by atoms with Gasteiger partial charge >= 0.3 is 128 Å². The van der Waals surface area contributed by atoms with Gasteiger partial charge < -0.3 is 0 Å². The van der Waals surface area contributed by atoms with E-state index in [2.05, 4.69) is 17.3 Å². The summed E-state index contributed by atoms with van der Waals surface area (Å²) in [6.07, 6.45) is 9.56. The Labute approximate surface area is 127 Å². The molecule has 2 unspecified atom stereocenters. The van der Waals surface area contributed by atoms with Gasteiger partial charge in [-0.3, -0.25) is 0 Å². The van der Waals surface area contributed by atoms with E-state index in [1.54, 1.807) is 0 Å². The second-order valence-corrected chi connectivity index (χ2v) is 12.9. The summed E-state index contributed by atoms with van der Waals surface area (Å²) in [5.41, 5.74) is 0. The van der Waals surface area contributed by atoms with Crippen LogP contribution in [0.3, 0.4) is 0 Å². The van der Waals surface area contributed by atoms with Crippen LogP contribution in [0, 0.1) is 0 Å². The number of amides is 1. The molecule has 3 rings (SSSR count). The molecule has 20 heavy (non-hydrogen) atoms. The molecule has 0 aromatic rings. The summed E-state index contributed by atoms with van der Waals surface area (Å²) >= 11 is -2.48. The molecule has 2 bridgehead atoms. The van der Waals surface area contributed by atoms with Crippen molar-refractivity contribution in [2.24, 2.45) is 0 Å². The zero-order valence-corrected chi connectivity index (χ0v) is 15.2. The van der Waals surface area contributed by atoms with E-state index in [1.165, 1.54) is 19.3 Å². The molecule has 3 heterocycles. The Hall–Kier alpha value is -0.550. The van der Waals surface area contributed by atoms with Gasteiger partial charge in [-0.15, -0.1) is 0 Å². The third-order valence-electron chi connectivity index (χ3n) is 4.95. The number of carbonyl (C=O) groups excluding carboxylic acids is 2. The van der Waals surface area contributed by atoms with E-state index in [0.29, 0.717) is 12.1 Å². The van der Waals surface area contributed by atoms with Crippen molar-refractivity contribution in [3.8, 4) is 0 Å². The number of nitrogens with one attached hydrogen (secondary N) is 1. The fourth-order valence-electron chi connectivity index (χ4n) is 3.75. The molecular formula is C15H21InN2O2. The minimum absolute atomic E-state index is 0.124. The number of rotatable bonds is 3. The summed E-state index contributed by atoms with van der Waals surface area (Å²) in [5.74, 6) is -0.324. The Morgan fingerprint density at radius 1 is 1.15 bits per heavy atom. The van der Waals surface area contributed by atoms with E-state index < -0.39 is 21.4 Å². The predicted octanol–water partition coefficient (Wildman–Crippen LogP) is 0.925. The number of carbonyl (C=O) groups is 2. The van der Waals surface area contributed by atoms with Crippen LogP contribution < -0.4 is 5.32 Å². The SMILES string of the molecule is CN1C2CCCC1CC(NC(=O)[C](=O)[In]1[CH]=CC=[CH]1)C2. The van der Waals surface area contributed by atoms with Crippen molar-refractivity contribution in [1.82, 2.24) is 10.2 Å². The number of allylic oxidation sites excluding steroid dienone is 2. The first kappa shape index (κ1) is 14.4. The molecule has 4 nitrogen and oxygen atoms in total. The molecule has 1 N–H and O–H groups in total. The van der Waals surface area contributed by atoms with Crippen LogP contribution in [0.15, 0.2) is 19.8 Å². The molecule has 2 fully saturated rings. The molecule has 0 aromatic carbocycles. The van der Waals surface area contributed by atoms with Crippen LogP contribution >= 0.6 is 0 Å². The van der Waals surface area contributed by atoms with Gasteiger partial charge in [-0.1, -0.05) is 0 Å². The van der Waals surface area contributed by atoms with Crippen LogP contribution in [0.2, 0.25) is 0 Å². The Bertz CT molecular complexity index is 448. The maximum atomic E-state index is 12.1. The Kier molecular flexibility index (Phi) is 4.36. The number of hydrogen-bond donors (Lipinski definition) is 1. The number of piperidine rings is 2. The van der Waals surface area contributed by atoms with Gasteiger partial charge in [-0.2, -0.15) is 0 Å². The summed E-state index contributed by atoms with van der Waals surface area (Å²) in [7, 11) is 2.20. The van der Waals surface area contributed by atoms with E-state index in [-0.39, 0.29) is 15.5 Å². The molecule has 106 valence electrons. The van der Waals surface area contributed by atoms with Crippen LogP contribution in [0.4, 0.5) is 0 Å². The van der Waals surface area contributed by atoms with Gasteiger partial charge in [-0.05, 0) is 0 Å². The van der Waals surface area contributed by atoms with Crippen molar-refractivity contribution in [3.05, 3.63) is 19.8 Å². The molecular weight excluding hydrogens is 355 g/mol. The van der Waals surface area contributed by atoms with Gasteiger partial charge in [0.15, 0.2) is 0 Å². The monoisotopic (exact) mass is 376 g/mol. The fourth-order valence-corrected chi connectivity index (χ4v) is 8.31. The maximum absolute atomic E-state index is 12.1. The zero-order chi connectivity index (χ0) is 14.1. The average molecular weight is 376 g/mol. The van der Waals surface area contributed by atoms with Crippen molar-refractivity contribution in [1.29, 1.82) is 0 Å². The van der Waals surface area contributed by atoms with Crippen molar-refractivity contribution < 1.29 is 9.59 Å². The van der Waals surface area contributed by atoms with Gasteiger partial charge in [0.05, 0.1) is 0 Å². The van der Waals surface area contributed by atoms with Crippen molar-refractivity contribution in [2.45, 2.75) is 50.2 Å². The number of hydrogen-bond acceptors (Lipinski definition) is 3. The van der Waals surface area contributed by atoms with Crippen LogP contribution in [0.5, 0.6) is 0 Å². The predicted molar refractivity (Wildman–Crippen MR) is 79.4 cm³/mol. The van der Waals surface area contributed by atoms with E-state index in [9.17, 15) is 9.59 Å². The fraction of sp³-hybridized carbons (Fsp3) is 0.600. The quantitative estimate of drug-likeness (QED) is 0.746. The van der Waals surface area contributed by atoms with Gasteiger partial charge in [0, 0.05) is 0 Å². The second kappa shape index (κ2) is 6.06. The van der Waals surface area contributed by atoms with E-state index in [0.717, 1.165) is 12.8 Å². The van der Waals surface area contributed by atoms with Crippen LogP contribution in [0.1, 0.15) is 32.1 Å². The molecule has 0 spiro atoms. The van der Waals surface area contributed by atoms with Gasteiger partial charge in [-0.25, -0.2) is 0 Å². The minimum atomic E-state index is -2.48. The van der Waals surface area contributed by atoms with Gasteiger partial charge in [0.25, 0.3) is 0 Å². The first-order valence-electron chi connectivity index (χ1n) is 7.57. The first-order chi connectivity index (χ1) is 9.65. The third-order valence-corrected chi connectivity index (χ3v) is 11.1. The van der Waals surface area contributed by atoms with Crippen molar-refractivity contribution in [2.75, 3.05) is 7.05 Å². The molecule has 2 saturated heterocycles. The van der Waals surface area contributed by atoms with Crippen LogP contribution in [-0.4, -0.2) is 61.0 Å². The number of fused-ring (bicyclic) bond motifs is 2. The van der Waals surface area contributed by atoms with E-state index in [4.69, 9.17) is 0 Å². The second-order valence-electron chi connectivity index (χ2n) is 6.21. The first-order valence-corrected chi connectivity index (χ1v) is 13.0. The summed E-state index contributed by atoms with van der Waals surface area (Å²) in [4.78, 5) is 26.7.